The van der Waals surface area contributed by atoms with Gasteiger partial charge in [-0.2, -0.15) is 5.10 Å². The molecule has 0 aliphatic heterocycles. The van der Waals surface area contributed by atoms with Crippen LogP contribution in [0.5, 0.6) is 0 Å². The number of carbonyl (C=O) groups is 2. The summed E-state index contributed by atoms with van der Waals surface area (Å²) in [5.74, 6) is -1.05. The van der Waals surface area contributed by atoms with E-state index in [1.165, 1.54) is 11.6 Å². The van der Waals surface area contributed by atoms with E-state index in [-0.39, 0.29) is 5.69 Å². The fourth-order valence-corrected chi connectivity index (χ4v) is 1.40. The summed E-state index contributed by atoms with van der Waals surface area (Å²) in [5.41, 5.74) is 12.0. The Kier molecular flexibility index (Phi) is 3.72. The normalized spacial score (nSPS) is 12.2. The van der Waals surface area contributed by atoms with Gasteiger partial charge in [-0.1, -0.05) is 0 Å². The highest BCUT2D eigenvalue weighted by Gasteiger charge is 2.21. The van der Waals surface area contributed by atoms with Crippen LogP contribution in [-0.2, 0) is 11.3 Å². The third-order valence-corrected chi connectivity index (χ3v) is 2.46. The summed E-state index contributed by atoms with van der Waals surface area (Å²) in [6, 6.07) is -0.748. The first-order valence-electron chi connectivity index (χ1n) is 5.31. The number of primary amides is 1. The second-order valence-corrected chi connectivity index (χ2v) is 3.76. The van der Waals surface area contributed by atoms with Gasteiger partial charge in [-0.25, -0.2) is 0 Å². The molecule has 94 valence electrons. The van der Waals surface area contributed by atoms with Crippen LogP contribution in [0.2, 0.25) is 0 Å². The van der Waals surface area contributed by atoms with Crippen LogP contribution >= 0.6 is 0 Å². The van der Waals surface area contributed by atoms with Gasteiger partial charge in [0.1, 0.15) is 11.7 Å². The summed E-state index contributed by atoms with van der Waals surface area (Å²) in [5, 5.41) is 6.59. The zero-order valence-electron chi connectivity index (χ0n) is 10.2. The lowest BCUT2D eigenvalue weighted by Gasteiger charge is -2.11. The molecule has 0 saturated carbocycles. The molecule has 1 aromatic heterocycles. The van der Waals surface area contributed by atoms with Gasteiger partial charge in [-0.3, -0.25) is 14.3 Å². The first kappa shape index (κ1) is 13.0. The Labute approximate surface area is 99.1 Å². The Morgan fingerprint density at radius 1 is 1.53 bits per heavy atom. The van der Waals surface area contributed by atoms with Gasteiger partial charge >= 0.3 is 0 Å². The number of nitrogens with one attached hydrogen (secondary N) is 1. The molecule has 2 amide bonds. The van der Waals surface area contributed by atoms with Gasteiger partial charge in [0.05, 0.1) is 11.4 Å². The number of carbonyl (C=O) groups excluding carboxylic acids is 2. The fourth-order valence-electron chi connectivity index (χ4n) is 1.40. The maximum atomic E-state index is 11.9. The Morgan fingerprint density at radius 3 is 2.59 bits per heavy atom. The van der Waals surface area contributed by atoms with Gasteiger partial charge in [0.15, 0.2) is 0 Å². The SMILES string of the molecule is CCn1nc(C)c(N)c1C(=O)NC(C)C(N)=O. The lowest BCUT2D eigenvalue weighted by molar-refractivity contribution is -0.119. The molecule has 0 radical (unpaired) electrons. The summed E-state index contributed by atoms with van der Waals surface area (Å²) in [4.78, 5) is 22.8. The van der Waals surface area contributed by atoms with E-state index in [1.54, 1.807) is 6.92 Å². The zero-order valence-corrected chi connectivity index (χ0v) is 10.2. The highest BCUT2D eigenvalue weighted by atomic mass is 16.2. The molecular weight excluding hydrogens is 222 g/mol. The van der Waals surface area contributed by atoms with Crippen LogP contribution in [0.4, 0.5) is 5.69 Å². The standard InChI is InChI=1S/C10H17N5O2/c1-4-15-8(7(11)5(2)14-15)10(17)13-6(3)9(12)16/h6H,4,11H2,1-3H3,(H2,12,16)(H,13,17). The lowest BCUT2D eigenvalue weighted by Crippen LogP contribution is -2.43. The smallest absolute Gasteiger partial charge is 0.272 e. The minimum Gasteiger partial charge on any atom is -0.395 e. The first-order valence-corrected chi connectivity index (χ1v) is 5.31. The fraction of sp³-hybridized carbons (Fsp3) is 0.500. The molecule has 1 aromatic rings. The van der Waals surface area contributed by atoms with Crippen LogP contribution in [0.3, 0.4) is 0 Å². The first-order chi connectivity index (χ1) is 7.88. The molecule has 0 bridgehead atoms. The number of rotatable bonds is 4. The van der Waals surface area contributed by atoms with Crippen molar-refractivity contribution in [2.24, 2.45) is 5.73 Å². The molecule has 0 aliphatic rings. The Morgan fingerprint density at radius 2 is 2.12 bits per heavy atom. The number of aryl methyl sites for hydroxylation is 2. The molecule has 1 atom stereocenters. The van der Waals surface area contributed by atoms with Crippen molar-refractivity contribution in [3.8, 4) is 0 Å². The topological polar surface area (TPSA) is 116 Å². The van der Waals surface area contributed by atoms with Crippen LogP contribution < -0.4 is 16.8 Å². The number of hydrogen-bond donors (Lipinski definition) is 3. The second-order valence-electron chi connectivity index (χ2n) is 3.76. The molecule has 0 aliphatic carbocycles. The number of nitrogens with two attached hydrogens (primary N) is 2. The van der Waals surface area contributed by atoms with E-state index in [0.717, 1.165) is 0 Å². The molecular formula is C10H17N5O2. The van der Waals surface area contributed by atoms with Crippen molar-refractivity contribution >= 4 is 17.5 Å². The van der Waals surface area contributed by atoms with E-state index >= 15 is 0 Å². The van der Waals surface area contributed by atoms with E-state index in [4.69, 9.17) is 11.5 Å². The second kappa shape index (κ2) is 4.86. The molecule has 0 aromatic carbocycles. The lowest BCUT2D eigenvalue weighted by atomic mass is 10.2. The van der Waals surface area contributed by atoms with Crippen molar-refractivity contribution in [2.45, 2.75) is 33.4 Å². The molecule has 0 spiro atoms. The monoisotopic (exact) mass is 239 g/mol. The van der Waals surface area contributed by atoms with Crippen LogP contribution in [0.25, 0.3) is 0 Å². The number of anilines is 1. The van der Waals surface area contributed by atoms with Crippen molar-refractivity contribution in [1.29, 1.82) is 0 Å². The van der Waals surface area contributed by atoms with Crippen LogP contribution in [0.15, 0.2) is 0 Å². The van der Waals surface area contributed by atoms with E-state index < -0.39 is 17.9 Å². The van der Waals surface area contributed by atoms with Crippen LogP contribution in [-0.4, -0.2) is 27.6 Å². The highest BCUT2D eigenvalue weighted by molar-refractivity contribution is 6.00. The van der Waals surface area contributed by atoms with Gasteiger partial charge in [-0.05, 0) is 20.8 Å². The largest absolute Gasteiger partial charge is 0.395 e. The van der Waals surface area contributed by atoms with Gasteiger partial charge in [-0.15, -0.1) is 0 Å². The molecule has 5 N–H and O–H groups in total. The van der Waals surface area contributed by atoms with Crippen molar-refractivity contribution in [2.75, 3.05) is 5.73 Å². The molecule has 17 heavy (non-hydrogen) atoms. The van der Waals surface area contributed by atoms with E-state index in [1.807, 2.05) is 6.92 Å². The van der Waals surface area contributed by atoms with Crippen molar-refractivity contribution < 1.29 is 9.59 Å². The molecule has 0 fully saturated rings. The number of amides is 2. The predicted octanol–water partition coefficient (Wildman–Crippen LogP) is -0.603. The minimum atomic E-state index is -0.748. The third-order valence-electron chi connectivity index (χ3n) is 2.46. The Bertz CT molecular complexity index is 452. The molecule has 1 heterocycles. The average Bonchev–Trinajstić information content (AvgIpc) is 2.54. The maximum Gasteiger partial charge on any atom is 0.272 e. The number of nitrogens with zero attached hydrogens (tertiary/aromatic N) is 2. The quantitative estimate of drug-likeness (QED) is 0.650. The summed E-state index contributed by atoms with van der Waals surface area (Å²) in [7, 11) is 0. The number of nitrogen functional groups attached to an aromatic ring is 1. The van der Waals surface area contributed by atoms with Gasteiger partial charge in [0.25, 0.3) is 5.91 Å². The Balaban J connectivity index is 3.00. The zero-order chi connectivity index (χ0) is 13.2. The summed E-state index contributed by atoms with van der Waals surface area (Å²) in [6.07, 6.45) is 0. The number of hydrogen-bond acceptors (Lipinski definition) is 4. The molecule has 1 unspecified atom stereocenters. The minimum absolute atomic E-state index is 0.262. The summed E-state index contributed by atoms with van der Waals surface area (Å²) >= 11 is 0. The van der Waals surface area contributed by atoms with E-state index in [9.17, 15) is 9.59 Å². The summed E-state index contributed by atoms with van der Waals surface area (Å²) < 4.78 is 1.49. The van der Waals surface area contributed by atoms with Gasteiger partial charge in [0.2, 0.25) is 5.91 Å². The molecule has 7 nitrogen and oxygen atoms in total. The third kappa shape index (κ3) is 2.55. The molecule has 1 rings (SSSR count). The van der Waals surface area contributed by atoms with Crippen LogP contribution in [0.1, 0.15) is 30.0 Å². The van der Waals surface area contributed by atoms with Crippen molar-refractivity contribution in [3.63, 3.8) is 0 Å². The van der Waals surface area contributed by atoms with Gasteiger partial charge in [0, 0.05) is 6.54 Å². The van der Waals surface area contributed by atoms with E-state index in [2.05, 4.69) is 10.4 Å². The highest BCUT2D eigenvalue weighted by Crippen LogP contribution is 2.16. The number of aromatic nitrogens is 2. The van der Waals surface area contributed by atoms with Crippen molar-refractivity contribution in [1.82, 2.24) is 15.1 Å². The Hall–Kier alpha value is -2.05. The summed E-state index contributed by atoms with van der Waals surface area (Å²) in [6.45, 7) is 5.59. The predicted molar refractivity (Wildman–Crippen MR) is 63.2 cm³/mol. The molecule has 7 heteroatoms. The van der Waals surface area contributed by atoms with Gasteiger partial charge < -0.3 is 16.8 Å². The van der Waals surface area contributed by atoms with Crippen LogP contribution in [0, 0.1) is 6.92 Å². The maximum absolute atomic E-state index is 11.9. The average molecular weight is 239 g/mol. The van der Waals surface area contributed by atoms with Crippen molar-refractivity contribution in [3.05, 3.63) is 11.4 Å². The molecule has 0 saturated heterocycles. The van der Waals surface area contributed by atoms with E-state index in [0.29, 0.717) is 17.9 Å².